The first kappa shape index (κ1) is 21.5. The van der Waals surface area contributed by atoms with Gasteiger partial charge in [-0.1, -0.05) is 32.0 Å². The minimum absolute atomic E-state index is 0.123. The number of aromatic nitrogens is 2. The third kappa shape index (κ3) is 3.32. The Labute approximate surface area is 202 Å². The second kappa shape index (κ2) is 8.32. The maximum absolute atomic E-state index is 13.2. The highest BCUT2D eigenvalue weighted by atomic mass is 16.7. The van der Waals surface area contributed by atoms with Gasteiger partial charge in [0.15, 0.2) is 11.5 Å². The molecule has 0 spiro atoms. The van der Waals surface area contributed by atoms with E-state index in [4.69, 9.17) is 9.47 Å². The molecular weight excluding hydrogens is 444 g/mol. The Balaban J connectivity index is 1.59. The number of rotatable bonds is 7. The lowest BCUT2D eigenvalue weighted by atomic mass is 9.95. The van der Waals surface area contributed by atoms with Crippen LogP contribution in [0.1, 0.15) is 25.0 Å². The Hall–Kier alpha value is -4.04. The molecule has 0 saturated carbocycles. The zero-order chi connectivity index (χ0) is 24.1. The smallest absolute Gasteiger partial charge is 0.259 e. The van der Waals surface area contributed by atoms with Crippen molar-refractivity contribution in [2.45, 2.75) is 20.4 Å². The number of amides is 2. The van der Waals surface area contributed by atoms with Crippen molar-refractivity contribution in [3.05, 3.63) is 59.9 Å². The molecule has 0 unspecified atom stereocenters. The van der Waals surface area contributed by atoms with E-state index in [9.17, 15) is 9.59 Å². The lowest BCUT2D eigenvalue weighted by Crippen LogP contribution is -2.26. The number of para-hydroxylation sites is 1. The fourth-order valence-corrected chi connectivity index (χ4v) is 5.16. The van der Waals surface area contributed by atoms with Gasteiger partial charge in [-0.3, -0.25) is 14.9 Å². The number of hydrogen-bond donors (Lipinski definition) is 2. The first-order chi connectivity index (χ1) is 17.1. The van der Waals surface area contributed by atoms with Gasteiger partial charge in [0.25, 0.3) is 11.8 Å². The summed E-state index contributed by atoms with van der Waals surface area (Å²) >= 11 is 0. The molecule has 2 aliphatic heterocycles. The number of carbonyl (C=O) groups excluding carboxylic acids is 2. The summed E-state index contributed by atoms with van der Waals surface area (Å²) in [6.45, 7) is 7.94. The molecule has 2 aliphatic rings. The molecule has 4 aromatic rings. The molecule has 0 aliphatic carbocycles. The molecule has 0 saturated heterocycles. The van der Waals surface area contributed by atoms with Crippen LogP contribution in [0.4, 0.5) is 0 Å². The zero-order valence-electron chi connectivity index (χ0n) is 19.7. The lowest BCUT2D eigenvalue weighted by molar-refractivity contribution is -0.122. The largest absolute Gasteiger partial charge is 0.454 e. The maximum Gasteiger partial charge on any atom is 0.259 e. The van der Waals surface area contributed by atoms with E-state index in [1.54, 1.807) is 6.20 Å². The molecule has 8 heteroatoms. The van der Waals surface area contributed by atoms with E-state index in [0.717, 1.165) is 48.0 Å². The average Bonchev–Trinajstić information content (AvgIpc) is 3.63. The highest BCUT2D eigenvalue weighted by molar-refractivity contribution is 6.51. The van der Waals surface area contributed by atoms with Gasteiger partial charge in [-0.2, -0.15) is 0 Å². The van der Waals surface area contributed by atoms with Crippen molar-refractivity contribution < 1.29 is 19.1 Å². The van der Waals surface area contributed by atoms with Gasteiger partial charge in [-0.25, -0.2) is 0 Å². The highest BCUT2D eigenvalue weighted by Crippen LogP contribution is 2.46. The van der Waals surface area contributed by atoms with Crippen LogP contribution in [-0.2, 0) is 16.1 Å². The predicted molar refractivity (Wildman–Crippen MR) is 134 cm³/mol. The molecule has 4 heterocycles. The van der Waals surface area contributed by atoms with Gasteiger partial charge in [0.1, 0.15) is 0 Å². The van der Waals surface area contributed by atoms with Crippen molar-refractivity contribution in [2.24, 2.45) is 0 Å². The molecule has 8 nitrogen and oxygen atoms in total. The van der Waals surface area contributed by atoms with Crippen LogP contribution in [0.25, 0.3) is 33.0 Å². The number of likely N-dealkylation sites (N-methyl/N-ethyl adjacent to an activating group) is 1. The number of aromatic amines is 1. The van der Waals surface area contributed by atoms with Gasteiger partial charge >= 0.3 is 0 Å². The van der Waals surface area contributed by atoms with E-state index in [-0.39, 0.29) is 6.79 Å². The lowest BCUT2D eigenvalue weighted by Gasteiger charge is -2.18. The standard InChI is InChI=1S/C27H26N4O4/c1-3-30(4-2)11-12-31-14-18(22-20(31)9-10-21-25(22)35-15-34-21)24-23(26(32)29-27(24)33)17-13-28-19-8-6-5-7-16(17)19/h5-10,13-14,28H,3-4,11-12,15H2,1-2H3,(H,29,32,33). The van der Waals surface area contributed by atoms with E-state index in [2.05, 4.69) is 33.6 Å². The number of benzene rings is 2. The summed E-state index contributed by atoms with van der Waals surface area (Å²) in [4.78, 5) is 31.9. The van der Waals surface area contributed by atoms with Crippen molar-refractivity contribution in [1.82, 2.24) is 19.8 Å². The van der Waals surface area contributed by atoms with E-state index < -0.39 is 11.8 Å². The van der Waals surface area contributed by atoms with Gasteiger partial charge in [-0.05, 0) is 31.3 Å². The van der Waals surface area contributed by atoms with Crippen LogP contribution in [0.2, 0.25) is 0 Å². The summed E-state index contributed by atoms with van der Waals surface area (Å²) < 4.78 is 13.6. The molecule has 0 fully saturated rings. The Morgan fingerprint density at radius 2 is 1.74 bits per heavy atom. The number of fused-ring (bicyclic) bond motifs is 4. The van der Waals surface area contributed by atoms with E-state index in [1.807, 2.05) is 42.6 Å². The summed E-state index contributed by atoms with van der Waals surface area (Å²) in [6, 6.07) is 11.6. The van der Waals surface area contributed by atoms with Crippen molar-refractivity contribution in [2.75, 3.05) is 26.4 Å². The molecule has 0 radical (unpaired) electrons. The zero-order valence-corrected chi connectivity index (χ0v) is 19.7. The highest BCUT2D eigenvalue weighted by Gasteiger charge is 2.36. The van der Waals surface area contributed by atoms with Crippen LogP contribution < -0.4 is 14.8 Å². The van der Waals surface area contributed by atoms with Crippen LogP contribution in [-0.4, -0.2) is 52.7 Å². The SMILES string of the molecule is CCN(CC)CCn1cc(C2=C(c3c[nH]c4ccccc34)C(=O)NC2=O)c2c3c(ccc21)OCO3. The van der Waals surface area contributed by atoms with E-state index >= 15 is 0 Å². The second-order valence-corrected chi connectivity index (χ2v) is 8.74. The van der Waals surface area contributed by atoms with Crippen LogP contribution in [0.5, 0.6) is 11.5 Å². The van der Waals surface area contributed by atoms with E-state index in [0.29, 0.717) is 33.8 Å². The fraction of sp³-hybridized carbons (Fsp3) is 0.259. The maximum atomic E-state index is 13.2. The number of ether oxygens (including phenoxy) is 2. The second-order valence-electron chi connectivity index (χ2n) is 8.74. The van der Waals surface area contributed by atoms with Crippen molar-refractivity contribution >= 4 is 44.8 Å². The molecule has 0 atom stereocenters. The minimum Gasteiger partial charge on any atom is -0.454 e. The minimum atomic E-state index is -0.408. The summed E-state index contributed by atoms with van der Waals surface area (Å²) in [5.74, 6) is 0.439. The summed E-state index contributed by atoms with van der Waals surface area (Å²) in [7, 11) is 0. The van der Waals surface area contributed by atoms with Gasteiger partial charge in [0, 0.05) is 47.5 Å². The number of imide groups is 1. The third-order valence-corrected chi connectivity index (χ3v) is 6.99. The predicted octanol–water partition coefficient (Wildman–Crippen LogP) is 3.76. The molecule has 2 amide bonds. The molecule has 35 heavy (non-hydrogen) atoms. The summed E-state index contributed by atoms with van der Waals surface area (Å²) in [5, 5.41) is 4.20. The van der Waals surface area contributed by atoms with Gasteiger partial charge in [0.05, 0.1) is 22.0 Å². The third-order valence-electron chi connectivity index (χ3n) is 6.99. The number of nitrogens with one attached hydrogen (secondary N) is 2. The Bertz CT molecular complexity index is 1520. The first-order valence-electron chi connectivity index (χ1n) is 11.9. The first-order valence-corrected chi connectivity index (χ1v) is 11.9. The molecule has 2 N–H and O–H groups in total. The van der Waals surface area contributed by atoms with Crippen LogP contribution in [0.3, 0.4) is 0 Å². The number of H-pyrrole nitrogens is 1. The Morgan fingerprint density at radius 1 is 0.971 bits per heavy atom. The average molecular weight is 471 g/mol. The van der Waals surface area contributed by atoms with Crippen LogP contribution >= 0.6 is 0 Å². The molecule has 2 aromatic heterocycles. The Morgan fingerprint density at radius 3 is 2.54 bits per heavy atom. The number of hydrogen-bond acceptors (Lipinski definition) is 5. The molecule has 6 rings (SSSR count). The van der Waals surface area contributed by atoms with Crippen LogP contribution in [0.15, 0.2) is 48.8 Å². The monoisotopic (exact) mass is 470 g/mol. The fourth-order valence-electron chi connectivity index (χ4n) is 5.16. The van der Waals surface area contributed by atoms with Crippen molar-refractivity contribution in [3.8, 4) is 11.5 Å². The van der Waals surface area contributed by atoms with Crippen LogP contribution in [0, 0.1) is 0 Å². The normalized spacial score (nSPS) is 15.3. The summed E-state index contributed by atoms with van der Waals surface area (Å²) in [5.41, 5.74) is 3.94. The van der Waals surface area contributed by atoms with E-state index in [1.165, 1.54) is 0 Å². The van der Waals surface area contributed by atoms with Gasteiger partial charge in [0.2, 0.25) is 6.79 Å². The number of carbonyl (C=O) groups is 2. The van der Waals surface area contributed by atoms with Gasteiger partial charge < -0.3 is 23.9 Å². The van der Waals surface area contributed by atoms with Crippen molar-refractivity contribution in [3.63, 3.8) is 0 Å². The molecular formula is C27H26N4O4. The topological polar surface area (TPSA) is 88.6 Å². The molecule has 178 valence electrons. The molecule has 2 aromatic carbocycles. The van der Waals surface area contributed by atoms with Crippen molar-refractivity contribution in [1.29, 1.82) is 0 Å². The molecule has 0 bridgehead atoms. The summed E-state index contributed by atoms with van der Waals surface area (Å²) in [6.07, 6.45) is 3.76. The van der Waals surface area contributed by atoms with Gasteiger partial charge in [-0.15, -0.1) is 0 Å². The Kier molecular flexibility index (Phi) is 5.11. The number of nitrogens with zero attached hydrogens (tertiary/aromatic N) is 2. The quantitative estimate of drug-likeness (QED) is 0.402.